The first-order chi connectivity index (χ1) is 22.6. The number of carbonyl (C=O) groups excluding carboxylic acids is 6. The van der Waals surface area contributed by atoms with Crippen LogP contribution in [0.1, 0.15) is 85.9 Å². The summed E-state index contributed by atoms with van der Waals surface area (Å²) in [7, 11) is 1.49. The van der Waals surface area contributed by atoms with Gasteiger partial charge in [-0.05, 0) is 56.3 Å². The van der Waals surface area contributed by atoms with Crippen LogP contribution in [-0.4, -0.2) is 92.0 Å². The molecule has 12 nitrogen and oxygen atoms in total. The molecule has 1 aliphatic rings. The van der Waals surface area contributed by atoms with Crippen LogP contribution in [0.2, 0.25) is 0 Å². The number of benzene rings is 2. The number of rotatable bonds is 22. The highest BCUT2D eigenvalue weighted by Gasteiger charge is 2.34. The number of hydrogen-bond acceptors (Lipinski definition) is 9. The molecule has 0 bridgehead atoms. The van der Waals surface area contributed by atoms with Crippen LogP contribution in [0.15, 0.2) is 36.4 Å². The second-order valence-corrected chi connectivity index (χ2v) is 12.2. The standard InChI is InChI=1S/C35H50N6O6/c1-4-5-11-26(36)21-38-18-15-30(39-17-8-12-27(43)22-40-23(2)42)31(44)20-25(33(45)37-3)16-19-41-34(46)28-13-6-9-24-10-7-14-29(32(24)28)35(41)47/h6-7,9-10,13-14,25-26,30,38-39H,4-5,8,11-12,15-22,36H2,1-3H3,(H,37,45)(H,40,42)/t25-,26-,30-/m0/s1. The van der Waals surface area contributed by atoms with E-state index in [1.807, 2.05) is 12.1 Å². The lowest BCUT2D eigenvalue weighted by atomic mass is 9.91. The van der Waals surface area contributed by atoms with Gasteiger partial charge in [0.05, 0.1) is 12.6 Å². The largest absolute Gasteiger partial charge is 0.359 e. The van der Waals surface area contributed by atoms with Gasteiger partial charge in [0.1, 0.15) is 0 Å². The third-order valence-corrected chi connectivity index (χ3v) is 8.51. The van der Waals surface area contributed by atoms with E-state index in [0.29, 0.717) is 49.0 Å². The van der Waals surface area contributed by atoms with Crippen molar-refractivity contribution in [2.45, 2.75) is 77.3 Å². The Morgan fingerprint density at radius 1 is 0.915 bits per heavy atom. The number of Topliss-reactive ketones (excluding diaryl/α,β-unsaturated/α-hetero) is 2. The van der Waals surface area contributed by atoms with Gasteiger partial charge >= 0.3 is 0 Å². The van der Waals surface area contributed by atoms with Crippen molar-refractivity contribution < 1.29 is 28.8 Å². The van der Waals surface area contributed by atoms with E-state index in [9.17, 15) is 28.8 Å². The molecule has 1 aliphatic heterocycles. The maximum Gasteiger partial charge on any atom is 0.261 e. The van der Waals surface area contributed by atoms with Crippen molar-refractivity contribution in [2.24, 2.45) is 11.7 Å². The first kappa shape index (κ1) is 37.5. The fourth-order valence-electron chi connectivity index (χ4n) is 5.84. The number of nitrogens with zero attached hydrogens (tertiary/aromatic N) is 1. The molecule has 12 heteroatoms. The molecule has 2 aromatic carbocycles. The summed E-state index contributed by atoms with van der Waals surface area (Å²) in [5.41, 5.74) is 7.06. The van der Waals surface area contributed by atoms with E-state index in [1.54, 1.807) is 24.3 Å². The fraction of sp³-hybridized carbons (Fsp3) is 0.543. The number of imide groups is 1. The topological polar surface area (TPSA) is 180 Å². The van der Waals surface area contributed by atoms with Gasteiger partial charge in [-0.25, -0.2) is 0 Å². The molecule has 2 aromatic rings. The van der Waals surface area contributed by atoms with Crippen LogP contribution in [-0.2, 0) is 19.2 Å². The SMILES string of the molecule is CCCC[C@H](N)CNCC[C@H](NCCCC(=O)CNC(C)=O)C(=O)C[C@H](CCN1C(=O)c2cccc3cccc(c23)C1=O)C(=O)NC. The van der Waals surface area contributed by atoms with Crippen molar-refractivity contribution in [3.8, 4) is 0 Å². The van der Waals surface area contributed by atoms with Gasteiger partial charge in [0.25, 0.3) is 11.8 Å². The first-order valence-electron chi connectivity index (χ1n) is 16.6. The molecule has 0 unspecified atom stereocenters. The lowest BCUT2D eigenvalue weighted by Gasteiger charge is -2.28. The molecular formula is C35H50N6O6. The maximum absolute atomic E-state index is 13.7. The van der Waals surface area contributed by atoms with E-state index in [2.05, 4.69) is 28.2 Å². The summed E-state index contributed by atoms with van der Waals surface area (Å²) in [6.07, 6.45) is 4.23. The summed E-state index contributed by atoms with van der Waals surface area (Å²) < 4.78 is 0. The Hall–Kier alpha value is -4.00. The first-order valence-corrected chi connectivity index (χ1v) is 16.6. The molecule has 3 rings (SSSR count). The number of nitrogens with one attached hydrogen (secondary N) is 4. The highest BCUT2D eigenvalue weighted by molar-refractivity contribution is 6.25. The van der Waals surface area contributed by atoms with Crippen LogP contribution >= 0.6 is 0 Å². The third kappa shape index (κ3) is 11.0. The van der Waals surface area contributed by atoms with E-state index in [0.717, 1.165) is 29.5 Å². The maximum atomic E-state index is 13.7. The van der Waals surface area contributed by atoms with Crippen molar-refractivity contribution in [3.05, 3.63) is 47.5 Å². The average Bonchev–Trinajstić information content (AvgIpc) is 3.06. The number of nitrogens with two attached hydrogens (primary N) is 1. The van der Waals surface area contributed by atoms with E-state index in [1.165, 1.54) is 14.0 Å². The summed E-state index contributed by atoms with van der Waals surface area (Å²) >= 11 is 0. The van der Waals surface area contributed by atoms with Crippen molar-refractivity contribution in [1.29, 1.82) is 0 Å². The molecule has 256 valence electrons. The second-order valence-electron chi connectivity index (χ2n) is 12.2. The number of amides is 4. The van der Waals surface area contributed by atoms with Crippen LogP contribution in [0.4, 0.5) is 0 Å². The van der Waals surface area contributed by atoms with Crippen LogP contribution in [0.25, 0.3) is 10.8 Å². The Morgan fingerprint density at radius 2 is 1.60 bits per heavy atom. The molecular weight excluding hydrogens is 600 g/mol. The van der Waals surface area contributed by atoms with Gasteiger partial charge < -0.3 is 27.0 Å². The zero-order valence-corrected chi connectivity index (χ0v) is 27.9. The van der Waals surface area contributed by atoms with Gasteiger partial charge in [-0.2, -0.15) is 0 Å². The molecule has 0 saturated heterocycles. The van der Waals surface area contributed by atoms with Crippen LogP contribution in [0, 0.1) is 5.92 Å². The van der Waals surface area contributed by atoms with Crippen molar-refractivity contribution in [2.75, 3.05) is 39.8 Å². The molecule has 3 atom stereocenters. The number of unbranched alkanes of at least 4 members (excludes halogenated alkanes) is 1. The van der Waals surface area contributed by atoms with Crippen LogP contribution in [0.3, 0.4) is 0 Å². The number of ketones is 2. The van der Waals surface area contributed by atoms with Gasteiger partial charge in [-0.3, -0.25) is 33.7 Å². The minimum Gasteiger partial charge on any atom is -0.359 e. The molecule has 0 aliphatic carbocycles. The Bertz CT molecular complexity index is 1380. The summed E-state index contributed by atoms with van der Waals surface area (Å²) in [5.74, 6) is -2.50. The predicted molar refractivity (Wildman–Crippen MR) is 181 cm³/mol. The fourth-order valence-corrected chi connectivity index (χ4v) is 5.84. The van der Waals surface area contributed by atoms with E-state index < -0.39 is 23.8 Å². The van der Waals surface area contributed by atoms with E-state index in [-0.39, 0.29) is 61.8 Å². The van der Waals surface area contributed by atoms with Crippen molar-refractivity contribution in [1.82, 2.24) is 26.2 Å². The van der Waals surface area contributed by atoms with E-state index >= 15 is 0 Å². The average molecular weight is 651 g/mol. The molecule has 6 N–H and O–H groups in total. The quantitative estimate of drug-likeness (QED) is 0.0942. The van der Waals surface area contributed by atoms with Crippen LogP contribution in [0.5, 0.6) is 0 Å². The molecule has 0 spiro atoms. The Morgan fingerprint density at radius 3 is 2.21 bits per heavy atom. The summed E-state index contributed by atoms with van der Waals surface area (Å²) in [6, 6.07) is 10.1. The molecule has 0 radical (unpaired) electrons. The molecule has 47 heavy (non-hydrogen) atoms. The highest BCUT2D eigenvalue weighted by atomic mass is 16.2. The van der Waals surface area contributed by atoms with Gasteiger partial charge in [0.15, 0.2) is 11.6 Å². The Balaban J connectivity index is 1.64. The van der Waals surface area contributed by atoms with Crippen molar-refractivity contribution >= 4 is 46.0 Å². The number of carbonyl (C=O) groups is 6. The minimum atomic E-state index is -0.764. The summed E-state index contributed by atoms with van der Waals surface area (Å²) in [6.45, 7) is 4.96. The lowest BCUT2D eigenvalue weighted by Crippen LogP contribution is -2.44. The van der Waals surface area contributed by atoms with E-state index in [4.69, 9.17) is 5.73 Å². The molecule has 0 fully saturated rings. The lowest BCUT2D eigenvalue weighted by molar-refractivity contribution is -0.130. The summed E-state index contributed by atoms with van der Waals surface area (Å²) in [4.78, 5) is 77.7. The van der Waals surface area contributed by atoms with Crippen LogP contribution < -0.4 is 27.0 Å². The zero-order valence-electron chi connectivity index (χ0n) is 27.9. The van der Waals surface area contributed by atoms with Crippen molar-refractivity contribution in [3.63, 3.8) is 0 Å². The van der Waals surface area contributed by atoms with Gasteiger partial charge in [-0.15, -0.1) is 0 Å². The minimum absolute atomic E-state index is 0.0144. The normalized spacial score (nSPS) is 14.5. The Labute approximate surface area is 276 Å². The predicted octanol–water partition coefficient (Wildman–Crippen LogP) is 2.09. The second kappa shape index (κ2) is 19.0. The molecule has 4 amide bonds. The van der Waals surface area contributed by atoms with Gasteiger partial charge in [0.2, 0.25) is 11.8 Å². The summed E-state index contributed by atoms with van der Waals surface area (Å²) in [5, 5.41) is 13.1. The highest BCUT2D eigenvalue weighted by Crippen LogP contribution is 2.30. The molecule has 0 saturated carbocycles. The molecule has 1 heterocycles. The van der Waals surface area contributed by atoms with Gasteiger partial charge in [-0.1, -0.05) is 44.0 Å². The van der Waals surface area contributed by atoms with Gasteiger partial charge in [0, 0.05) is 68.4 Å². The third-order valence-electron chi connectivity index (χ3n) is 8.51. The smallest absolute Gasteiger partial charge is 0.261 e. The molecule has 0 aromatic heterocycles. The Kier molecular flexibility index (Phi) is 15.1. The zero-order chi connectivity index (χ0) is 34.3. The monoisotopic (exact) mass is 650 g/mol. The number of hydrogen-bond donors (Lipinski definition) is 5.